The molecule has 0 amide bonds. The molecule has 0 atom stereocenters. The molecule has 0 aliphatic heterocycles. The number of rotatable bonds is 4. The fourth-order valence-electron chi connectivity index (χ4n) is 0.369. The van der Waals surface area contributed by atoms with Crippen LogP contribution in [-0.2, 0) is 9.53 Å². The predicted molar refractivity (Wildman–Crippen MR) is 32.0 cm³/mol. The van der Waals surface area contributed by atoms with Gasteiger partial charge in [-0.15, -0.1) is 11.6 Å². The average Bonchev–Trinajstić information content (AvgIpc) is 1.82. The Hall–Kier alpha value is -0.380. The molecule has 0 spiro atoms. The van der Waals surface area contributed by atoms with Crippen LogP contribution in [0.15, 0.2) is 0 Å². The highest BCUT2D eigenvalue weighted by molar-refractivity contribution is 6.17. The van der Waals surface area contributed by atoms with Gasteiger partial charge in [-0.2, -0.15) is 8.78 Å². The van der Waals surface area contributed by atoms with Gasteiger partial charge in [-0.3, -0.25) is 4.79 Å². The molecule has 0 aliphatic carbocycles. The highest BCUT2D eigenvalue weighted by atomic mass is 35.5. The summed E-state index contributed by atoms with van der Waals surface area (Å²) in [4.78, 5) is 10.3. The lowest BCUT2D eigenvalue weighted by Crippen LogP contribution is -2.08. The fourth-order valence-corrected chi connectivity index (χ4v) is 0.503. The van der Waals surface area contributed by atoms with E-state index in [1.807, 2.05) is 0 Å². The number of hydrogen-bond acceptors (Lipinski definition) is 2. The molecule has 0 radical (unpaired) electrons. The minimum absolute atomic E-state index is 0.0478. The predicted octanol–water partition coefficient (Wildman–Crippen LogP) is 1.77. The summed E-state index contributed by atoms with van der Waals surface area (Å²) in [7, 11) is 0. The molecule has 60 valence electrons. The second kappa shape index (κ2) is 5.41. The van der Waals surface area contributed by atoms with Crippen molar-refractivity contribution in [2.24, 2.45) is 0 Å². The summed E-state index contributed by atoms with van der Waals surface area (Å²) in [5, 5.41) is 0. The molecule has 0 saturated carbocycles. The van der Waals surface area contributed by atoms with Crippen LogP contribution < -0.4 is 0 Å². The Labute approximate surface area is 62.1 Å². The van der Waals surface area contributed by atoms with Crippen molar-refractivity contribution in [2.45, 2.75) is 19.5 Å². The Balaban J connectivity index is 3.26. The molecule has 0 heterocycles. The molecule has 0 aromatic carbocycles. The maximum Gasteiger partial charge on any atom is 0.389 e. The SMILES string of the molecule is O=C(CCCCl)OC(F)F. The van der Waals surface area contributed by atoms with Gasteiger partial charge in [0.05, 0.1) is 0 Å². The van der Waals surface area contributed by atoms with E-state index >= 15 is 0 Å². The van der Waals surface area contributed by atoms with Crippen LogP contribution in [-0.4, -0.2) is 18.5 Å². The average molecular weight is 173 g/mol. The normalized spacial score (nSPS) is 10.0. The third-order valence-corrected chi connectivity index (χ3v) is 1.00. The number of carbonyl (C=O) groups excluding carboxylic acids is 1. The van der Waals surface area contributed by atoms with Crippen molar-refractivity contribution in [3.05, 3.63) is 0 Å². The van der Waals surface area contributed by atoms with Crippen LogP contribution in [0.2, 0.25) is 0 Å². The summed E-state index contributed by atoms with van der Waals surface area (Å²) in [5.74, 6) is -0.631. The zero-order chi connectivity index (χ0) is 7.98. The minimum atomic E-state index is -3.01. The van der Waals surface area contributed by atoms with Crippen molar-refractivity contribution < 1.29 is 18.3 Å². The van der Waals surface area contributed by atoms with Crippen LogP contribution in [0.4, 0.5) is 8.78 Å². The molecule has 0 aliphatic rings. The lowest BCUT2D eigenvalue weighted by Gasteiger charge is -1.99. The molecule has 10 heavy (non-hydrogen) atoms. The molecule has 0 N–H and O–H groups in total. The summed E-state index contributed by atoms with van der Waals surface area (Å²) in [6.07, 6.45) is 0.320. The second-order valence-electron chi connectivity index (χ2n) is 1.54. The number of halogens is 3. The van der Waals surface area contributed by atoms with E-state index in [4.69, 9.17) is 11.6 Å². The molecule has 2 nitrogen and oxygen atoms in total. The van der Waals surface area contributed by atoms with Crippen molar-refractivity contribution in [3.63, 3.8) is 0 Å². The van der Waals surface area contributed by atoms with Crippen LogP contribution in [0, 0.1) is 0 Å². The summed E-state index contributed by atoms with van der Waals surface area (Å²) in [6, 6.07) is 0. The van der Waals surface area contributed by atoms with E-state index in [1.54, 1.807) is 0 Å². The molecule has 0 unspecified atom stereocenters. The molecule has 0 fully saturated rings. The van der Waals surface area contributed by atoms with Gasteiger partial charge in [0.2, 0.25) is 0 Å². The Kier molecular flexibility index (Phi) is 5.20. The molecule has 0 aromatic rings. The topological polar surface area (TPSA) is 26.3 Å². The summed E-state index contributed by atoms with van der Waals surface area (Å²) in [6.45, 7) is -3.01. The molecule has 0 saturated heterocycles. The van der Waals surface area contributed by atoms with Crippen LogP contribution in [0.1, 0.15) is 12.8 Å². The van der Waals surface area contributed by atoms with Crippen LogP contribution >= 0.6 is 11.6 Å². The van der Waals surface area contributed by atoms with Gasteiger partial charge in [0.15, 0.2) is 0 Å². The summed E-state index contributed by atoms with van der Waals surface area (Å²) >= 11 is 5.19. The number of esters is 1. The van der Waals surface area contributed by atoms with Crippen LogP contribution in [0.3, 0.4) is 0 Å². The molecular formula is C5H7ClF2O2. The van der Waals surface area contributed by atoms with Crippen molar-refractivity contribution in [1.82, 2.24) is 0 Å². The number of ether oxygens (including phenoxy) is 1. The van der Waals surface area contributed by atoms with Crippen molar-refractivity contribution in [1.29, 1.82) is 0 Å². The number of hydrogen-bond donors (Lipinski definition) is 0. The van der Waals surface area contributed by atoms with Gasteiger partial charge in [0.1, 0.15) is 0 Å². The zero-order valence-corrected chi connectivity index (χ0v) is 5.90. The summed E-state index contributed by atoms with van der Waals surface area (Å²) in [5.41, 5.74) is 0. The van der Waals surface area contributed by atoms with Gasteiger partial charge in [-0.05, 0) is 6.42 Å². The summed E-state index contributed by atoms with van der Waals surface area (Å²) < 4.78 is 26.0. The first-order chi connectivity index (χ1) is 4.66. The molecule has 0 bridgehead atoms. The quantitative estimate of drug-likeness (QED) is 0.477. The maximum atomic E-state index is 11.2. The van der Waals surface area contributed by atoms with E-state index in [0.717, 1.165) is 0 Å². The van der Waals surface area contributed by atoms with Crippen molar-refractivity contribution in [3.8, 4) is 0 Å². The molecule has 0 aromatic heterocycles. The third-order valence-electron chi connectivity index (χ3n) is 0.735. The monoisotopic (exact) mass is 172 g/mol. The highest BCUT2D eigenvalue weighted by Gasteiger charge is 2.08. The maximum absolute atomic E-state index is 11.2. The van der Waals surface area contributed by atoms with Gasteiger partial charge < -0.3 is 4.74 Å². The number of alkyl halides is 3. The third kappa shape index (κ3) is 5.75. The highest BCUT2D eigenvalue weighted by Crippen LogP contribution is 2.00. The Bertz CT molecular complexity index is 108. The standard InChI is InChI=1S/C5H7ClF2O2/c6-3-1-2-4(9)10-5(7)8/h5H,1-3H2. The molecule has 5 heteroatoms. The lowest BCUT2D eigenvalue weighted by atomic mass is 10.3. The largest absolute Gasteiger partial charge is 0.403 e. The van der Waals surface area contributed by atoms with Gasteiger partial charge in [0.25, 0.3) is 0 Å². The fraction of sp³-hybridized carbons (Fsp3) is 0.800. The van der Waals surface area contributed by atoms with Gasteiger partial charge >= 0.3 is 12.6 Å². The lowest BCUT2D eigenvalue weighted by molar-refractivity contribution is -0.176. The first-order valence-corrected chi connectivity index (χ1v) is 3.24. The van der Waals surface area contributed by atoms with Crippen molar-refractivity contribution >= 4 is 17.6 Å². The molecular weight excluding hydrogens is 166 g/mol. The number of carbonyl (C=O) groups is 1. The van der Waals surface area contributed by atoms with Gasteiger partial charge in [-0.25, -0.2) is 0 Å². The van der Waals surface area contributed by atoms with Crippen molar-refractivity contribution in [2.75, 3.05) is 5.88 Å². The smallest absolute Gasteiger partial charge is 0.389 e. The Morgan fingerprint density at radius 3 is 2.60 bits per heavy atom. The van der Waals surface area contributed by atoms with E-state index in [9.17, 15) is 13.6 Å². The second-order valence-corrected chi connectivity index (χ2v) is 1.92. The van der Waals surface area contributed by atoms with E-state index in [-0.39, 0.29) is 12.3 Å². The Morgan fingerprint density at radius 1 is 1.60 bits per heavy atom. The van der Waals surface area contributed by atoms with Crippen LogP contribution in [0.5, 0.6) is 0 Å². The van der Waals surface area contributed by atoms with E-state index < -0.39 is 12.6 Å². The first-order valence-electron chi connectivity index (χ1n) is 2.70. The van der Waals surface area contributed by atoms with E-state index in [0.29, 0.717) is 6.42 Å². The van der Waals surface area contributed by atoms with E-state index in [1.165, 1.54) is 0 Å². The first kappa shape index (κ1) is 9.62. The zero-order valence-electron chi connectivity index (χ0n) is 5.15. The molecule has 0 rings (SSSR count). The van der Waals surface area contributed by atoms with Crippen LogP contribution in [0.25, 0.3) is 0 Å². The minimum Gasteiger partial charge on any atom is -0.403 e. The van der Waals surface area contributed by atoms with Gasteiger partial charge in [0, 0.05) is 12.3 Å². The van der Waals surface area contributed by atoms with E-state index in [2.05, 4.69) is 4.74 Å². The Morgan fingerprint density at radius 2 is 2.20 bits per heavy atom. The van der Waals surface area contributed by atoms with Gasteiger partial charge in [-0.1, -0.05) is 0 Å².